The van der Waals surface area contributed by atoms with Gasteiger partial charge >= 0.3 is 0 Å². The second-order valence-corrected chi connectivity index (χ2v) is 2.97. The van der Waals surface area contributed by atoms with Crippen LogP contribution in [-0.4, -0.2) is 6.54 Å². The van der Waals surface area contributed by atoms with Gasteiger partial charge in [-0.05, 0) is 19.0 Å². The van der Waals surface area contributed by atoms with E-state index in [1.165, 1.54) is 6.07 Å². The molecule has 0 spiro atoms. The van der Waals surface area contributed by atoms with Crippen molar-refractivity contribution in [1.29, 1.82) is 0 Å². The van der Waals surface area contributed by atoms with Crippen LogP contribution in [0, 0.1) is 11.6 Å². The maximum absolute atomic E-state index is 13.1. The predicted molar refractivity (Wildman–Crippen MR) is 52.9 cm³/mol. The van der Waals surface area contributed by atoms with Crippen LogP contribution in [0.4, 0.5) is 8.78 Å². The molecule has 0 amide bonds. The van der Waals surface area contributed by atoms with Crippen LogP contribution in [-0.2, 0) is 6.54 Å². The normalized spacial score (nSPS) is 10.1. The average molecular weight is 197 g/mol. The Hall–Kier alpha value is -1.22. The van der Waals surface area contributed by atoms with Crippen molar-refractivity contribution in [2.75, 3.05) is 6.54 Å². The summed E-state index contributed by atoms with van der Waals surface area (Å²) < 4.78 is 25.8. The van der Waals surface area contributed by atoms with E-state index in [0.29, 0.717) is 12.1 Å². The van der Waals surface area contributed by atoms with Crippen LogP contribution in [0.3, 0.4) is 0 Å². The molecule has 0 aliphatic rings. The zero-order chi connectivity index (χ0) is 10.4. The highest BCUT2D eigenvalue weighted by Gasteiger charge is 2.05. The number of hydrogen-bond acceptors (Lipinski definition) is 1. The number of benzene rings is 1. The lowest BCUT2D eigenvalue weighted by atomic mass is 10.2. The van der Waals surface area contributed by atoms with Gasteiger partial charge in [-0.2, -0.15) is 0 Å². The average Bonchev–Trinajstić information content (AvgIpc) is 2.19. The Labute approximate surface area is 82.4 Å². The van der Waals surface area contributed by atoms with E-state index in [1.54, 1.807) is 12.1 Å². The Kier molecular flexibility index (Phi) is 4.26. The standard InChI is InChI=1S/C11H13F2N/c1-2-3-7-14-8-9-5-4-6-10(12)11(9)13/h2,4-6,14H,1,3,7-8H2. The molecule has 0 saturated heterocycles. The second-order valence-electron chi connectivity index (χ2n) is 2.97. The van der Waals surface area contributed by atoms with E-state index in [4.69, 9.17) is 0 Å². The molecule has 1 aromatic rings. The maximum atomic E-state index is 13.1. The first-order valence-electron chi connectivity index (χ1n) is 4.50. The molecule has 0 aliphatic carbocycles. The smallest absolute Gasteiger partial charge is 0.163 e. The summed E-state index contributed by atoms with van der Waals surface area (Å²) in [6.07, 6.45) is 2.59. The van der Waals surface area contributed by atoms with Crippen molar-refractivity contribution in [2.45, 2.75) is 13.0 Å². The van der Waals surface area contributed by atoms with Gasteiger partial charge in [0.05, 0.1) is 0 Å². The minimum absolute atomic E-state index is 0.345. The minimum Gasteiger partial charge on any atom is -0.312 e. The fraction of sp³-hybridized carbons (Fsp3) is 0.273. The molecule has 0 radical (unpaired) electrons. The Balaban J connectivity index is 2.50. The van der Waals surface area contributed by atoms with Gasteiger partial charge in [0.25, 0.3) is 0 Å². The number of rotatable bonds is 5. The zero-order valence-corrected chi connectivity index (χ0v) is 7.89. The van der Waals surface area contributed by atoms with Crippen LogP contribution in [0.5, 0.6) is 0 Å². The summed E-state index contributed by atoms with van der Waals surface area (Å²) in [5, 5.41) is 2.99. The first-order valence-corrected chi connectivity index (χ1v) is 4.50. The molecule has 1 N–H and O–H groups in total. The summed E-state index contributed by atoms with van der Waals surface area (Å²) >= 11 is 0. The minimum atomic E-state index is -0.798. The van der Waals surface area contributed by atoms with E-state index in [1.807, 2.05) is 0 Å². The predicted octanol–water partition coefficient (Wildman–Crippen LogP) is 2.63. The highest BCUT2D eigenvalue weighted by Crippen LogP contribution is 2.10. The lowest BCUT2D eigenvalue weighted by Crippen LogP contribution is -2.15. The third kappa shape index (κ3) is 2.92. The molecule has 1 rings (SSSR count). The van der Waals surface area contributed by atoms with Crippen molar-refractivity contribution in [3.05, 3.63) is 48.1 Å². The van der Waals surface area contributed by atoms with Gasteiger partial charge in [0, 0.05) is 12.1 Å². The van der Waals surface area contributed by atoms with E-state index >= 15 is 0 Å². The van der Waals surface area contributed by atoms with Crippen molar-refractivity contribution < 1.29 is 8.78 Å². The van der Waals surface area contributed by atoms with Crippen molar-refractivity contribution >= 4 is 0 Å². The summed E-state index contributed by atoms with van der Waals surface area (Å²) in [7, 11) is 0. The van der Waals surface area contributed by atoms with E-state index in [9.17, 15) is 8.78 Å². The van der Waals surface area contributed by atoms with E-state index in [0.717, 1.165) is 19.0 Å². The van der Waals surface area contributed by atoms with Crippen LogP contribution in [0.1, 0.15) is 12.0 Å². The molecule has 0 aromatic heterocycles. The molecular formula is C11H13F2N. The first kappa shape index (κ1) is 10.9. The lowest BCUT2D eigenvalue weighted by molar-refractivity contribution is 0.493. The molecule has 76 valence electrons. The van der Waals surface area contributed by atoms with Crippen LogP contribution in [0.2, 0.25) is 0 Å². The van der Waals surface area contributed by atoms with Crippen LogP contribution in [0.25, 0.3) is 0 Å². The molecule has 1 aromatic carbocycles. The third-order valence-electron chi connectivity index (χ3n) is 1.87. The highest BCUT2D eigenvalue weighted by atomic mass is 19.2. The Morgan fingerprint density at radius 2 is 2.14 bits per heavy atom. The fourth-order valence-electron chi connectivity index (χ4n) is 1.11. The molecule has 0 aliphatic heterocycles. The molecular weight excluding hydrogens is 184 g/mol. The van der Waals surface area contributed by atoms with Crippen LogP contribution in [0.15, 0.2) is 30.9 Å². The molecule has 14 heavy (non-hydrogen) atoms. The monoisotopic (exact) mass is 197 g/mol. The van der Waals surface area contributed by atoms with Gasteiger partial charge in [-0.25, -0.2) is 8.78 Å². The molecule has 3 heteroatoms. The molecule has 1 nitrogen and oxygen atoms in total. The van der Waals surface area contributed by atoms with E-state index in [2.05, 4.69) is 11.9 Å². The van der Waals surface area contributed by atoms with Gasteiger partial charge in [0.15, 0.2) is 11.6 Å². The largest absolute Gasteiger partial charge is 0.312 e. The van der Waals surface area contributed by atoms with Gasteiger partial charge in [-0.15, -0.1) is 6.58 Å². The Bertz CT molecular complexity index is 310. The Morgan fingerprint density at radius 1 is 1.36 bits per heavy atom. The van der Waals surface area contributed by atoms with Crippen molar-refractivity contribution in [3.63, 3.8) is 0 Å². The summed E-state index contributed by atoms with van der Waals surface area (Å²) in [5.41, 5.74) is 0.356. The topological polar surface area (TPSA) is 12.0 Å². The fourth-order valence-corrected chi connectivity index (χ4v) is 1.11. The van der Waals surface area contributed by atoms with Gasteiger partial charge in [0.2, 0.25) is 0 Å². The SMILES string of the molecule is C=CCCNCc1cccc(F)c1F. The molecule has 0 unspecified atom stereocenters. The zero-order valence-electron chi connectivity index (χ0n) is 7.89. The highest BCUT2D eigenvalue weighted by molar-refractivity contribution is 5.18. The summed E-state index contributed by atoms with van der Waals surface area (Å²) in [5.74, 6) is -1.56. The summed E-state index contributed by atoms with van der Waals surface area (Å²) in [6.45, 7) is 4.63. The first-order chi connectivity index (χ1) is 6.75. The van der Waals surface area contributed by atoms with Crippen molar-refractivity contribution in [1.82, 2.24) is 5.32 Å². The quantitative estimate of drug-likeness (QED) is 0.565. The van der Waals surface area contributed by atoms with E-state index < -0.39 is 11.6 Å². The van der Waals surface area contributed by atoms with Crippen LogP contribution < -0.4 is 5.32 Å². The van der Waals surface area contributed by atoms with Gasteiger partial charge in [0.1, 0.15) is 0 Å². The molecule has 0 atom stereocenters. The molecule has 0 saturated carbocycles. The van der Waals surface area contributed by atoms with Gasteiger partial charge < -0.3 is 5.32 Å². The number of halogens is 2. The third-order valence-corrected chi connectivity index (χ3v) is 1.87. The molecule has 0 bridgehead atoms. The summed E-state index contributed by atoms with van der Waals surface area (Å²) in [4.78, 5) is 0. The summed E-state index contributed by atoms with van der Waals surface area (Å²) in [6, 6.07) is 4.19. The van der Waals surface area contributed by atoms with Gasteiger partial charge in [-0.3, -0.25) is 0 Å². The second kappa shape index (κ2) is 5.50. The van der Waals surface area contributed by atoms with Gasteiger partial charge in [-0.1, -0.05) is 18.2 Å². The number of hydrogen-bond donors (Lipinski definition) is 1. The molecule has 0 heterocycles. The lowest BCUT2D eigenvalue weighted by Gasteiger charge is -2.04. The van der Waals surface area contributed by atoms with Crippen molar-refractivity contribution in [2.24, 2.45) is 0 Å². The van der Waals surface area contributed by atoms with Crippen molar-refractivity contribution in [3.8, 4) is 0 Å². The van der Waals surface area contributed by atoms with E-state index in [-0.39, 0.29) is 0 Å². The molecule has 0 fully saturated rings. The Morgan fingerprint density at radius 3 is 2.86 bits per heavy atom. The van der Waals surface area contributed by atoms with Crippen LogP contribution >= 0.6 is 0 Å². The number of nitrogens with one attached hydrogen (secondary N) is 1. The maximum Gasteiger partial charge on any atom is 0.163 e.